The molecule has 0 aromatic carbocycles. The number of likely N-dealkylation sites (tertiary alicyclic amines) is 2. The van der Waals surface area contributed by atoms with Gasteiger partial charge in [-0.05, 0) is 45.7 Å². The zero-order valence-corrected chi connectivity index (χ0v) is 13.3. The van der Waals surface area contributed by atoms with Crippen LogP contribution in [-0.2, 0) is 6.54 Å². The number of piperidine rings is 2. The highest BCUT2D eigenvalue weighted by molar-refractivity contribution is 7.15. The van der Waals surface area contributed by atoms with Gasteiger partial charge in [0.05, 0.1) is 6.54 Å². The Kier molecular flexibility index (Phi) is 4.53. The summed E-state index contributed by atoms with van der Waals surface area (Å²) >= 11 is 1.70. The Hall–Kier alpha value is -0.720. The van der Waals surface area contributed by atoms with Gasteiger partial charge in [-0.15, -0.1) is 10.2 Å². The number of fused-ring (bicyclic) bond motifs is 1. The van der Waals surface area contributed by atoms with Crippen molar-refractivity contribution in [2.45, 2.75) is 38.8 Å². The number of aromatic nitrogens is 2. The van der Waals surface area contributed by atoms with E-state index in [1.807, 2.05) is 0 Å². The van der Waals surface area contributed by atoms with Crippen LogP contribution in [-0.4, -0.2) is 59.3 Å². The zero-order chi connectivity index (χ0) is 13.9. The van der Waals surface area contributed by atoms with Crippen molar-refractivity contribution in [1.82, 2.24) is 20.0 Å². The fourth-order valence-electron chi connectivity index (χ4n) is 3.60. The number of anilines is 1. The third-order valence-corrected chi connectivity index (χ3v) is 5.45. The summed E-state index contributed by atoms with van der Waals surface area (Å²) in [6.45, 7) is 7.67. The summed E-state index contributed by atoms with van der Waals surface area (Å²) in [6, 6.07) is 0.812. The normalized spacial score (nSPS) is 28.3. The minimum Gasteiger partial charge on any atom is -0.360 e. The quantitative estimate of drug-likeness (QED) is 0.919. The van der Waals surface area contributed by atoms with Crippen LogP contribution >= 0.6 is 11.3 Å². The Labute approximate surface area is 125 Å². The summed E-state index contributed by atoms with van der Waals surface area (Å²) in [5.41, 5.74) is 0. The SMILES string of the molecule is CCNc1nnc(CN2CCC3C(CCCN3C)C2)s1. The van der Waals surface area contributed by atoms with Crippen LogP contribution in [0, 0.1) is 5.92 Å². The molecule has 3 heterocycles. The van der Waals surface area contributed by atoms with Crippen molar-refractivity contribution < 1.29 is 0 Å². The third kappa shape index (κ3) is 3.13. The highest BCUT2D eigenvalue weighted by Gasteiger charge is 2.34. The summed E-state index contributed by atoms with van der Waals surface area (Å²) < 4.78 is 0. The van der Waals surface area contributed by atoms with Gasteiger partial charge in [-0.1, -0.05) is 11.3 Å². The van der Waals surface area contributed by atoms with Crippen LogP contribution in [0.25, 0.3) is 0 Å². The molecule has 20 heavy (non-hydrogen) atoms. The summed E-state index contributed by atoms with van der Waals surface area (Å²) in [5, 5.41) is 13.8. The Morgan fingerprint density at radius 2 is 2.20 bits per heavy atom. The molecule has 0 spiro atoms. The van der Waals surface area contributed by atoms with E-state index in [1.165, 1.54) is 38.9 Å². The van der Waals surface area contributed by atoms with Crippen molar-refractivity contribution in [3.05, 3.63) is 5.01 Å². The van der Waals surface area contributed by atoms with Gasteiger partial charge < -0.3 is 10.2 Å². The molecule has 0 amide bonds. The van der Waals surface area contributed by atoms with Crippen LogP contribution in [0.4, 0.5) is 5.13 Å². The van der Waals surface area contributed by atoms with Crippen molar-refractivity contribution in [2.75, 3.05) is 38.5 Å². The summed E-state index contributed by atoms with van der Waals surface area (Å²) in [4.78, 5) is 5.14. The van der Waals surface area contributed by atoms with Gasteiger partial charge in [0.1, 0.15) is 5.01 Å². The molecule has 2 unspecified atom stereocenters. The molecule has 2 aliphatic rings. The third-order valence-electron chi connectivity index (χ3n) is 4.58. The lowest BCUT2D eigenvalue weighted by Gasteiger charge is -2.45. The van der Waals surface area contributed by atoms with E-state index in [-0.39, 0.29) is 0 Å². The number of hydrogen-bond donors (Lipinski definition) is 1. The second-order valence-corrected chi connectivity index (χ2v) is 7.07. The molecule has 2 atom stereocenters. The van der Waals surface area contributed by atoms with E-state index in [1.54, 1.807) is 11.3 Å². The average Bonchev–Trinajstić information content (AvgIpc) is 2.87. The highest BCUT2D eigenvalue weighted by atomic mass is 32.1. The molecule has 3 rings (SSSR count). The smallest absolute Gasteiger partial charge is 0.205 e. The summed E-state index contributed by atoms with van der Waals surface area (Å²) in [5.74, 6) is 0.851. The molecule has 112 valence electrons. The second-order valence-electron chi connectivity index (χ2n) is 6.01. The van der Waals surface area contributed by atoms with Gasteiger partial charge in [0, 0.05) is 25.7 Å². The fourth-order valence-corrected chi connectivity index (χ4v) is 4.45. The van der Waals surface area contributed by atoms with Gasteiger partial charge in [-0.3, -0.25) is 4.90 Å². The van der Waals surface area contributed by atoms with Crippen molar-refractivity contribution >= 4 is 16.5 Å². The molecule has 1 aromatic heterocycles. The van der Waals surface area contributed by atoms with E-state index in [4.69, 9.17) is 0 Å². The molecule has 0 aliphatic carbocycles. The van der Waals surface area contributed by atoms with Gasteiger partial charge >= 0.3 is 0 Å². The first kappa shape index (κ1) is 14.2. The maximum Gasteiger partial charge on any atom is 0.205 e. The molecule has 0 bridgehead atoms. The highest BCUT2D eigenvalue weighted by Crippen LogP contribution is 2.30. The zero-order valence-electron chi connectivity index (χ0n) is 12.5. The molecule has 6 heteroatoms. The van der Waals surface area contributed by atoms with E-state index < -0.39 is 0 Å². The van der Waals surface area contributed by atoms with E-state index in [0.29, 0.717) is 0 Å². The van der Waals surface area contributed by atoms with Crippen molar-refractivity contribution in [3.63, 3.8) is 0 Å². The fraction of sp³-hybridized carbons (Fsp3) is 0.857. The lowest BCUT2D eigenvalue weighted by molar-refractivity contribution is 0.0354. The van der Waals surface area contributed by atoms with E-state index in [0.717, 1.165) is 35.2 Å². The van der Waals surface area contributed by atoms with Crippen LogP contribution in [0.15, 0.2) is 0 Å². The topological polar surface area (TPSA) is 44.3 Å². The maximum atomic E-state index is 4.30. The van der Waals surface area contributed by atoms with Crippen molar-refractivity contribution in [1.29, 1.82) is 0 Å². The number of nitrogens with zero attached hydrogens (tertiary/aromatic N) is 4. The number of rotatable bonds is 4. The number of hydrogen-bond acceptors (Lipinski definition) is 6. The largest absolute Gasteiger partial charge is 0.360 e. The van der Waals surface area contributed by atoms with Crippen LogP contribution < -0.4 is 5.32 Å². The van der Waals surface area contributed by atoms with Crippen molar-refractivity contribution in [2.24, 2.45) is 5.92 Å². The van der Waals surface area contributed by atoms with Crippen LogP contribution in [0.2, 0.25) is 0 Å². The Morgan fingerprint density at radius 3 is 3.05 bits per heavy atom. The van der Waals surface area contributed by atoms with Gasteiger partial charge in [-0.25, -0.2) is 0 Å². The van der Waals surface area contributed by atoms with Crippen LogP contribution in [0.1, 0.15) is 31.2 Å². The Balaban J connectivity index is 1.56. The molecule has 0 saturated carbocycles. The number of nitrogens with one attached hydrogen (secondary N) is 1. The molecule has 1 N–H and O–H groups in total. The van der Waals surface area contributed by atoms with Gasteiger partial charge in [0.15, 0.2) is 0 Å². The first-order valence-corrected chi connectivity index (χ1v) is 8.56. The van der Waals surface area contributed by atoms with E-state index >= 15 is 0 Å². The van der Waals surface area contributed by atoms with Gasteiger partial charge in [-0.2, -0.15) is 0 Å². The Bertz CT molecular complexity index is 435. The minimum absolute atomic E-state index is 0.812. The molecular weight excluding hydrogens is 270 g/mol. The molecule has 5 nitrogen and oxygen atoms in total. The van der Waals surface area contributed by atoms with Gasteiger partial charge in [0.2, 0.25) is 5.13 Å². The monoisotopic (exact) mass is 295 g/mol. The van der Waals surface area contributed by atoms with Crippen molar-refractivity contribution in [3.8, 4) is 0 Å². The first-order valence-electron chi connectivity index (χ1n) is 7.75. The predicted molar refractivity (Wildman–Crippen MR) is 83.1 cm³/mol. The van der Waals surface area contributed by atoms with Crippen LogP contribution in [0.5, 0.6) is 0 Å². The van der Waals surface area contributed by atoms with E-state index in [2.05, 4.69) is 39.3 Å². The minimum atomic E-state index is 0.812. The molecule has 2 fully saturated rings. The molecule has 0 radical (unpaired) electrons. The predicted octanol–water partition coefficient (Wildman–Crippen LogP) is 1.89. The lowest BCUT2D eigenvalue weighted by Crippen LogP contribution is -2.52. The Morgan fingerprint density at radius 1 is 1.30 bits per heavy atom. The van der Waals surface area contributed by atoms with Crippen LogP contribution in [0.3, 0.4) is 0 Å². The standard InChI is InChI=1S/C14H25N5S/c1-3-15-14-17-16-13(20-14)10-19-8-6-12-11(9-19)5-4-7-18(12)2/h11-12H,3-10H2,1-2H3,(H,15,17). The second kappa shape index (κ2) is 6.37. The summed E-state index contributed by atoms with van der Waals surface area (Å²) in [7, 11) is 2.29. The lowest BCUT2D eigenvalue weighted by atomic mass is 9.84. The van der Waals surface area contributed by atoms with Gasteiger partial charge in [0.25, 0.3) is 0 Å². The average molecular weight is 295 g/mol. The molecule has 2 saturated heterocycles. The first-order chi connectivity index (χ1) is 9.76. The van der Waals surface area contributed by atoms with E-state index in [9.17, 15) is 0 Å². The molecule has 2 aliphatic heterocycles. The molecule has 1 aromatic rings. The maximum absolute atomic E-state index is 4.30. The molecular formula is C14H25N5S. The summed E-state index contributed by atoms with van der Waals surface area (Å²) in [6.07, 6.45) is 4.05.